The van der Waals surface area contributed by atoms with Crippen LogP contribution in [-0.4, -0.2) is 59.4 Å². The zero-order valence-electron chi connectivity index (χ0n) is 18.7. The Kier molecular flexibility index (Phi) is 6.16. The third kappa shape index (κ3) is 4.11. The first-order chi connectivity index (χ1) is 14.6. The Hall–Kier alpha value is -2.69. The first-order valence-electron chi connectivity index (χ1n) is 11.4. The second kappa shape index (κ2) is 8.99. The molecule has 2 unspecified atom stereocenters. The highest BCUT2D eigenvalue weighted by atomic mass is 15.6. The van der Waals surface area contributed by atoms with E-state index in [1.54, 1.807) is 0 Å². The molecule has 160 valence electrons. The van der Waals surface area contributed by atoms with Crippen LogP contribution in [0.15, 0.2) is 65.7 Å². The van der Waals surface area contributed by atoms with E-state index >= 15 is 0 Å². The van der Waals surface area contributed by atoms with Crippen molar-refractivity contribution in [2.75, 3.05) is 31.1 Å². The van der Waals surface area contributed by atoms with Crippen LogP contribution in [0.1, 0.15) is 39.2 Å². The van der Waals surface area contributed by atoms with Gasteiger partial charge in [0, 0.05) is 43.6 Å². The van der Waals surface area contributed by atoms with Crippen LogP contribution in [0.4, 0.5) is 5.69 Å². The minimum absolute atomic E-state index is 0.255. The van der Waals surface area contributed by atoms with Gasteiger partial charge in [-0.05, 0) is 50.0 Å². The number of aryl methyl sites for hydroxylation is 1. The molecule has 1 aliphatic carbocycles. The molecule has 0 aromatic heterocycles. The van der Waals surface area contributed by atoms with Gasteiger partial charge in [0.1, 0.15) is 12.2 Å². The van der Waals surface area contributed by atoms with E-state index in [9.17, 15) is 0 Å². The van der Waals surface area contributed by atoms with E-state index in [1.807, 2.05) is 6.34 Å². The molecule has 5 nitrogen and oxygen atoms in total. The molecule has 3 aliphatic rings. The fourth-order valence-corrected chi connectivity index (χ4v) is 4.38. The lowest BCUT2D eigenvalue weighted by molar-refractivity contribution is 0.250. The van der Waals surface area contributed by atoms with Crippen LogP contribution in [0.3, 0.4) is 0 Å². The summed E-state index contributed by atoms with van der Waals surface area (Å²) in [6.07, 6.45) is 12.0. The average Bonchev–Trinajstić information content (AvgIpc) is 3.20. The van der Waals surface area contributed by atoms with E-state index < -0.39 is 0 Å². The molecule has 1 aromatic carbocycles. The summed E-state index contributed by atoms with van der Waals surface area (Å²) in [6, 6.07) is 9.73. The lowest BCUT2D eigenvalue weighted by Gasteiger charge is -2.39. The van der Waals surface area contributed by atoms with Gasteiger partial charge >= 0.3 is 0 Å². The normalized spacial score (nSPS) is 22.7. The van der Waals surface area contributed by atoms with E-state index in [2.05, 4.69) is 94.7 Å². The number of hydrogen-bond donors (Lipinski definition) is 0. The molecular formula is C25H35N5. The Bertz CT molecular complexity index is 830. The molecule has 0 N–H and O–H groups in total. The van der Waals surface area contributed by atoms with Crippen LogP contribution >= 0.6 is 0 Å². The van der Waals surface area contributed by atoms with Crippen molar-refractivity contribution in [3.8, 4) is 0 Å². The smallest absolute Gasteiger partial charge is 0.124 e. The van der Waals surface area contributed by atoms with Crippen LogP contribution in [-0.2, 0) is 6.42 Å². The van der Waals surface area contributed by atoms with Crippen molar-refractivity contribution in [3.63, 3.8) is 0 Å². The molecule has 2 heterocycles. The molecule has 0 saturated carbocycles. The first kappa shape index (κ1) is 20.6. The minimum atomic E-state index is 0.255. The molecule has 1 aromatic rings. The topological polar surface area (TPSA) is 25.3 Å². The Morgan fingerprint density at radius 1 is 1.07 bits per heavy atom. The zero-order chi connectivity index (χ0) is 21.1. The van der Waals surface area contributed by atoms with E-state index in [0.29, 0.717) is 6.04 Å². The highest BCUT2D eigenvalue weighted by molar-refractivity contribution is 5.61. The van der Waals surface area contributed by atoms with Gasteiger partial charge in [-0.2, -0.15) is 5.10 Å². The maximum Gasteiger partial charge on any atom is 0.124 e. The number of allylic oxidation sites excluding steroid dienone is 1. The highest BCUT2D eigenvalue weighted by Gasteiger charge is 2.29. The Morgan fingerprint density at radius 2 is 1.77 bits per heavy atom. The summed E-state index contributed by atoms with van der Waals surface area (Å²) in [6.45, 7) is 15.2. The number of rotatable bonds is 6. The van der Waals surface area contributed by atoms with Crippen molar-refractivity contribution in [1.29, 1.82) is 0 Å². The van der Waals surface area contributed by atoms with E-state index in [0.717, 1.165) is 51.3 Å². The highest BCUT2D eigenvalue weighted by Crippen LogP contribution is 2.28. The van der Waals surface area contributed by atoms with Crippen molar-refractivity contribution in [2.24, 2.45) is 5.10 Å². The van der Waals surface area contributed by atoms with Crippen molar-refractivity contribution >= 4 is 12.0 Å². The number of anilines is 1. The number of piperazine rings is 1. The molecule has 0 bridgehead atoms. The van der Waals surface area contributed by atoms with Gasteiger partial charge in [0.05, 0.1) is 6.04 Å². The quantitative estimate of drug-likeness (QED) is 0.700. The number of hydrogen-bond acceptors (Lipinski definition) is 5. The van der Waals surface area contributed by atoms with Gasteiger partial charge in [-0.15, -0.1) is 0 Å². The molecule has 0 radical (unpaired) electrons. The summed E-state index contributed by atoms with van der Waals surface area (Å²) < 4.78 is 0. The predicted molar refractivity (Wildman–Crippen MR) is 126 cm³/mol. The van der Waals surface area contributed by atoms with Gasteiger partial charge in [-0.25, -0.2) is 5.01 Å². The summed E-state index contributed by atoms with van der Waals surface area (Å²) >= 11 is 0. The Balaban J connectivity index is 1.30. The summed E-state index contributed by atoms with van der Waals surface area (Å²) in [5.41, 5.74) is 4.10. The van der Waals surface area contributed by atoms with E-state index in [1.165, 1.54) is 16.9 Å². The lowest BCUT2D eigenvalue weighted by Crippen LogP contribution is -2.46. The first-order valence-corrected chi connectivity index (χ1v) is 11.4. The monoisotopic (exact) mass is 405 g/mol. The predicted octanol–water partition coefficient (Wildman–Crippen LogP) is 4.41. The number of benzene rings is 1. The average molecular weight is 406 g/mol. The largest absolute Gasteiger partial charge is 0.368 e. The second-order valence-corrected chi connectivity index (χ2v) is 8.44. The van der Waals surface area contributed by atoms with Gasteiger partial charge in [0.15, 0.2) is 0 Å². The van der Waals surface area contributed by atoms with Crippen molar-refractivity contribution in [1.82, 2.24) is 14.8 Å². The van der Waals surface area contributed by atoms with E-state index in [-0.39, 0.29) is 6.04 Å². The second-order valence-electron chi connectivity index (χ2n) is 8.44. The molecule has 4 rings (SSSR count). The Labute approximate surface area is 181 Å². The molecule has 1 fully saturated rings. The lowest BCUT2D eigenvalue weighted by atomic mass is 10.0. The fraction of sp³-hybridized carbons (Fsp3) is 0.480. The van der Waals surface area contributed by atoms with Crippen LogP contribution in [0, 0.1) is 0 Å². The molecule has 2 aliphatic heterocycles. The van der Waals surface area contributed by atoms with Crippen molar-refractivity contribution in [3.05, 3.63) is 66.2 Å². The number of hydrazone groups is 1. The summed E-state index contributed by atoms with van der Waals surface area (Å²) in [7, 11) is 0. The third-order valence-electron chi connectivity index (χ3n) is 6.65. The molecule has 5 heteroatoms. The number of nitrogens with zero attached hydrogens (tertiary/aromatic N) is 5. The summed E-state index contributed by atoms with van der Waals surface area (Å²) in [5, 5.41) is 6.68. The SMILES string of the molecule is C=C1N(C(C)CC)C=NN1C1C=CC(N2CCN(c3ccc(CC)cc3)CC2)=CC1. The Morgan fingerprint density at radius 3 is 2.37 bits per heavy atom. The standard InChI is InChI=1S/C25H35N5/c1-5-20(3)29-19-26-30(21(29)4)25-13-11-24(12-14-25)28-17-15-27(16-18-28)23-9-7-22(6-2)8-10-23/h7-13,19-20,25H,4-6,14-18H2,1-3H3. The van der Waals surface area contributed by atoms with Crippen LogP contribution in [0.5, 0.6) is 0 Å². The van der Waals surface area contributed by atoms with Gasteiger partial charge in [0.2, 0.25) is 0 Å². The fourth-order valence-electron chi connectivity index (χ4n) is 4.38. The third-order valence-corrected chi connectivity index (χ3v) is 6.65. The van der Waals surface area contributed by atoms with Gasteiger partial charge < -0.3 is 14.7 Å². The molecule has 2 atom stereocenters. The summed E-state index contributed by atoms with van der Waals surface area (Å²) in [5.74, 6) is 0.985. The van der Waals surface area contributed by atoms with Crippen molar-refractivity contribution in [2.45, 2.75) is 52.1 Å². The van der Waals surface area contributed by atoms with Crippen LogP contribution < -0.4 is 4.90 Å². The molecular weight excluding hydrogens is 370 g/mol. The molecule has 0 amide bonds. The van der Waals surface area contributed by atoms with Gasteiger partial charge in [-0.1, -0.05) is 44.7 Å². The van der Waals surface area contributed by atoms with Crippen LogP contribution in [0.25, 0.3) is 0 Å². The van der Waals surface area contributed by atoms with Crippen molar-refractivity contribution < 1.29 is 0 Å². The molecule has 1 saturated heterocycles. The van der Waals surface area contributed by atoms with E-state index in [4.69, 9.17) is 0 Å². The van der Waals surface area contributed by atoms with Gasteiger partial charge in [-0.3, -0.25) is 0 Å². The minimum Gasteiger partial charge on any atom is -0.368 e. The maximum atomic E-state index is 4.62. The summed E-state index contributed by atoms with van der Waals surface area (Å²) in [4.78, 5) is 7.19. The zero-order valence-corrected chi connectivity index (χ0v) is 18.7. The molecule has 0 spiro atoms. The maximum absolute atomic E-state index is 4.62. The van der Waals surface area contributed by atoms with Crippen LogP contribution in [0.2, 0.25) is 0 Å². The molecule has 30 heavy (non-hydrogen) atoms. The van der Waals surface area contributed by atoms with Gasteiger partial charge in [0.25, 0.3) is 0 Å².